The van der Waals surface area contributed by atoms with Gasteiger partial charge in [0.2, 0.25) is 0 Å². The number of hydrogen-bond acceptors (Lipinski definition) is 4. The van der Waals surface area contributed by atoms with Crippen LogP contribution < -0.4 is 10.4 Å². The summed E-state index contributed by atoms with van der Waals surface area (Å²) in [5, 5.41) is 24.4. The van der Waals surface area contributed by atoms with Gasteiger partial charge < -0.3 is 15.5 Å². The van der Waals surface area contributed by atoms with Crippen LogP contribution in [0, 0.1) is 0 Å². The van der Waals surface area contributed by atoms with Gasteiger partial charge in [-0.1, -0.05) is 11.8 Å². The van der Waals surface area contributed by atoms with Gasteiger partial charge >= 0.3 is 5.97 Å². The molecular formula is C12H8NO4S-. The summed E-state index contributed by atoms with van der Waals surface area (Å²) in [6.45, 7) is 0. The van der Waals surface area contributed by atoms with Gasteiger partial charge in [-0.25, -0.2) is 4.79 Å². The maximum absolute atomic E-state index is 11.7. The normalized spacial score (nSPS) is 10.0. The maximum atomic E-state index is 11.7. The van der Waals surface area contributed by atoms with Crippen molar-refractivity contribution in [2.24, 2.45) is 0 Å². The highest BCUT2D eigenvalue weighted by Gasteiger charge is 2.08. The van der Waals surface area contributed by atoms with Crippen molar-refractivity contribution >= 4 is 28.9 Å². The van der Waals surface area contributed by atoms with Crippen LogP contribution in [0.25, 0.3) is 0 Å². The zero-order valence-corrected chi connectivity index (χ0v) is 9.86. The molecule has 0 radical (unpaired) electrons. The molecule has 0 spiro atoms. The molecule has 1 aromatic heterocycles. The first-order chi connectivity index (χ1) is 8.58. The second-order valence-electron chi connectivity index (χ2n) is 3.45. The van der Waals surface area contributed by atoms with E-state index in [2.05, 4.69) is 5.32 Å². The Kier molecular flexibility index (Phi) is 3.29. The van der Waals surface area contributed by atoms with Crippen LogP contribution in [0.1, 0.15) is 20.0 Å². The molecule has 0 atom stereocenters. The maximum Gasteiger partial charge on any atom is 0.335 e. The average Bonchev–Trinajstić information content (AvgIpc) is 2.81. The predicted octanol–water partition coefficient (Wildman–Crippen LogP) is 1.77. The molecule has 0 aliphatic heterocycles. The minimum absolute atomic E-state index is 0.281. The summed E-state index contributed by atoms with van der Waals surface area (Å²) in [5.74, 6) is -2.24. The molecule has 2 N–H and O–H groups in total. The highest BCUT2D eigenvalue weighted by Crippen LogP contribution is 2.20. The second kappa shape index (κ2) is 4.89. The highest BCUT2D eigenvalue weighted by atomic mass is 32.1. The van der Waals surface area contributed by atoms with Crippen LogP contribution in [-0.2, 0) is 0 Å². The fourth-order valence-corrected chi connectivity index (χ4v) is 2.00. The van der Waals surface area contributed by atoms with Gasteiger partial charge in [0.25, 0.3) is 5.91 Å². The van der Waals surface area contributed by atoms with Crippen LogP contribution in [-0.4, -0.2) is 17.0 Å². The lowest BCUT2D eigenvalue weighted by Gasteiger charge is -2.12. The number of rotatable bonds is 3. The van der Waals surface area contributed by atoms with Gasteiger partial charge in [-0.2, -0.15) is 0 Å². The SMILES string of the molecule is O=C(Nc1ccc(C(=O)O)c([O-])c1)c1cccs1. The van der Waals surface area contributed by atoms with E-state index in [9.17, 15) is 14.7 Å². The quantitative estimate of drug-likeness (QED) is 0.882. The van der Waals surface area contributed by atoms with Gasteiger partial charge in [-0.15, -0.1) is 11.3 Å². The Bertz CT molecular complexity index is 592. The third kappa shape index (κ3) is 2.49. The molecule has 1 heterocycles. The number of carboxylic acids is 1. The van der Waals surface area contributed by atoms with E-state index >= 15 is 0 Å². The molecule has 0 aliphatic rings. The summed E-state index contributed by atoms with van der Waals surface area (Å²) < 4.78 is 0. The minimum Gasteiger partial charge on any atom is -0.872 e. The third-order valence-corrected chi connectivity index (χ3v) is 3.08. The molecule has 0 fully saturated rings. The van der Waals surface area contributed by atoms with Gasteiger partial charge in [-0.3, -0.25) is 4.79 Å². The van der Waals surface area contributed by atoms with Crippen molar-refractivity contribution in [3.8, 4) is 5.75 Å². The van der Waals surface area contributed by atoms with E-state index in [1.54, 1.807) is 17.5 Å². The molecular weight excluding hydrogens is 254 g/mol. The second-order valence-corrected chi connectivity index (χ2v) is 4.40. The topological polar surface area (TPSA) is 89.5 Å². The number of thiophene rings is 1. The van der Waals surface area contributed by atoms with Crippen molar-refractivity contribution in [1.82, 2.24) is 0 Å². The molecule has 1 aromatic carbocycles. The molecule has 0 saturated carbocycles. The van der Waals surface area contributed by atoms with Crippen LogP contribution >= 0.6 is 11.3 Å². The number of benzene rings is 1. The lowest BCUT2D eigenvalue weighted by molar-refractivity contribution is -0.268. The standard InChI is InChI=1S/C12H9NO4S/c14-9-6-7(3-4-8(9)12(16)17)13-11(15)10-2-1-5-18-10/h1-6,14H,(H,13,15)(H,16,17)/p-1. The molecule has 5 nitrogen and oxygen atoms in total. The zero-order valence-electron chi connectivity index (χ0n) is 9.04. The van der Waals surface area contributed by atoms with Crippen molar-refractivity contribution in [2.45, 2.75) is 0 Å². The molecule has 0 unspecified atom stereocenters. The van der Waals surface area contributed by atoms with Crippen LogP contribution in [0.5, 0.6) is 5.75 Å². The molecule has 0 saturated heterocycles. The van der Waals surface area contributed by atoms with Crippen LogP contribution in [0.3, 0.4) is 0 Å². The lowest BCUT2D eigenvalue weighted by Crippen LogP contribution is -2.11. The molecule has 92 valence electrons. The monoisotopic (exact) mass is 262 g/mol. The molecule has 0 bridgehead atoms. The fourth-order valence-electron chi connectivity index (χ4n) is 1.38. The van der Waals surface area contributed by atoms with Crippen molar-refractivity contribution < 1.29 is 19.8 Å². The Hall–Kier alpha value is -2.34. The van der Waals surface area contributed by atoms with Gasteiger partial charge in [-0.05, 0) is 29.6 Å². The minimum atomic E-state index is -1.28. The van der Waals surface area contributed by atoms with Gasteiger partial charge in [0.05, 0.1) is 10.4 Å². The molecule has 18 heavy (non-hydrogen) atoms. The Morgan fingerprint density at radius 3 is 2.61 bits per heavy atom. The van der Waals surface area contributed by atoms with Crippen molar-refractivity contribution in [1.29, 1.82) is 0 Å². The van der Waals surface area contributed by atoms with E-state index in [-0.39, 0.29) is 17.2 Å². The average molecular weight is 262 g/mol. The first-order valence-electron chi connectivity index (χ1n) is 4.97. The molecule has 1 amide bonds. The van der Waals surface area contributed by atoms with Crippen LogP contribution in [0.4, 0.5) is 5.69 Å². The number of aromatic carboxylic acids is 1. The number of anilines is 1. The number of carbonyl (C=O) groups excluding carboxylic acids is 1. The van der Waals surface area contributed by atoms with E-state index < -0.39 is 11.7 Å². The molecule has 6 heteroatoms. The largest absolute Gasteiger partial charge is 0.872 e. The first kappa shape index (κ1) is 12.1. The zero-order chi connectivity index (χ0) is 13.1. The Morgan fingerprint density at radius 1 is 1.28 bits per heavy atom. The van der Waals surface area contributed by atoms with E-state index in [1.807, 2.05) is 0 Å². The molecule has 2 aromatic rings. The third-order valence-electron chi connectivity index (χ3n) is 2.21. The van der Waals surface area contributed by atoms with Crippen LogP contribution in [0.2, 0.25) is 0 Å². The summed E-state index contributed by atoms with van der Waals surface area (Å²) in [5.41, 5.74) is -0.0347. The first-order valence-corrected chi connectivity index (χ1v) is 5.85. The predicted molar refractivity (Wildman–Crippen MR) is 65.1 cm³/mol. The lowest BCUT2D eigenvalue weighted by atomic mass is 10.2. The number of carboxylic acid groups (broad SMARTS) is 1. The summed E-state index contributed by atoms with van der Waals surface area (Å²) in [4.78, 5) is 22.9. The molecule has 0 aliphatic carbocycles. The highest BCUT2D eigenvalue weighted by molar-refractivity contribution is 7.12. The van der Waals surface area contributed by atoms with E-state index in [1.165, 1.54) is 23.5 Å². The molecule has 2 rings (SSSR count). The van der Waals surface area contributed by atoms with Crippen molar-refractivity contribution in [3.05, 3.63) is 46.2 Å². The number of amides is 1. The van der Waals surface area contributed by atoms with Gasteiger partial charge in [0.15, 0.2) is 0 Å². The summed E-state index contributed by atoms with van der Waals surface area (Å²) in [6.07, 6.45) is 0. The number of carbonyl (C=O) groups is 2. The smallest absolute Gasteiger partial charge is 0.335 e. The summed E-state index contributed by atoms with van der Waals surface area (Å²) in [7, 11) is 0. The fraction of sp³-hybridized carbons (Fsp3) is 0. The Morgan fingerprint density at radius 2 is 2.06 bits per heavy atom. The van der Waals surface area contributed by atoms with Crippen LogP contribution in [0.15, 0.2) is 35.7 Å². The number of nitrogens with one attached hydrogen (secondary N) is 1. The Balaban J connectivity index is 2.18. The van der Waals surface area contributed by atoms with Gasteiger partial charge in [0.1, 0.15) is 0 Å². The van der Waals surface area contributed by atoms with Crippen molar-refractivity contribution in [2.75, 3.05) is 5.32 Å². The van der Waals surface area contributed by atoms with E-state index in [0.29, 0.717) is 4.88 Å². The summed E-state index contributed by atoms with van der Waals surface area (Å²) in [6, 6.07) is 7.05. The van der Waals surface area contributed by atoms with Gasteiger partial charge in [0, 0.05) is 5.69 Å². The van der Waals surface area contributed by atoms with E-state index in [0.717, 1.165) is 6.07 Å². The van der Waals surface area contributed by atoms with E-state index in [4.69, 9.17) is 5.11 Å². The van der Waals surface area contributed by atoms with Crippen molar-refractivity contribution in [3.63, 3.8) is 0 Å². The number of hydrogen-bond donors (Lipinski definition) is 2. The Labute approximate surface area is 106 Å². The summed E-state index contributed by atoms with van der Waals surface area (Å²) >= 11 is 1.28.